The predicted octanol–water partition coefficient (Wildman–Crippen LogP) is 0.451. The molecule has 3 rings (SSSR count). The Kier molecular flexibility index (Phi) is 4.80. The number of aliphatic hydroxyl groups is 1. The van der Waals surface area contributed by atoms with Crippen LogP contribution in [0.25, 0.3) is 11.0 Å². The van der Waals surface area contributed by atoms with Crippen LogP contribution in [-0.4, -0.2) is 57.5 Å². The highest BCUT2D eigenvalue weighted by Crippen LogP contribution is 2.18. The van der Waals surface area contributed by atoms with Crippen LogP contribution in [0.15, 0.2) is 24.3 Å². The Labute approximate surface area is 140 Å². The first-order valence-corrected chi connectivity index (χ1v) is 8.16. The van der Waals surface area contributed by atoms with E-state index < -0.39 is 0 Å². The number of amides is 2. The van der Waals surface area contributed by atoms with Crippen molar-refractivity contribution in [3.05, 3.63) is 30.1 Å². The molecule has 2 atom stereocenters. The molecular formula is C17H22N4O3. The minimum atomic E-state index is -0.178. The number of fused-ring (bicyclic) bond motifs is 1. The van der Waals surface area contributed by atoms with Crippen molar-refractivity contribution in [2.24, 2.45) is 5.92 Å². The number of aliphatic hydroxyl groups excluding tert-OH is 1. The van der Waals surface area contributed by atoms with E-state index in [-0.39, 0.29) is 30.4 Å². The number of nitrogens with zero attached hydrogens (tertiary/aromatic N) is 2. The van der Waals surface area contributed by atoms with Gasteiger partial charge in [-0.3, -0.25) is 9.59 Å². The van der Waals surface area contributed by atoms with Crippen LogP contribution in [0.5, 0.6) is 0 Å². The highest BCUT2D eigenvalue weighted by molar-refractivity contribution is 5.78. The highest BCUT2D eigenvalue weighted by atomic mass is 16.3. The van der Waals surface area contributed by atoms with Crippen LogP contribution in [0.2, 0.25) is 0 Å². The zero-order valence-corrected chi connectivity index (χ0v) is 13.7. The van der Waals surface area contributed by atoms with E-state index in [4.69, 9.17) is 0 Å². The standard InChI is InChI=1S/C17H22N4O3/c1-11(23)18-15-9-21(8-12(15)10-22)17(24)7-6-16-19-13-4-2-3-5-14(13)20-16/h2-5,12,15,22H,6-10H2,1H3,(H,18,23)(H,19,20)/t12-,15+/m0/s1. The molecule has 0 unspecified atom stereocenters. The van der Waals surface area contributed by atoms with Gasteiger partial charge < -0.3 is 20.3 Å². The van der Waals surface area contributed by atoms with Crippen LogP contribution in [-0.2, 0) is 16.0 Å². The highest BCUT2D eigenvalue weighted by Gasteiger charge is 2.35. The number of aromatic amines is 1. The molecule has 1 fully saturated rings. The Balaban J connectivity index is 1.57. The average molecular weight is 330 g/mol. The van der Waals surface area contributed by atoms with Crippen molar-refractivity contribution in [3.63, 3.8) is 0 Å². The minimum Gasteiger partial charge on any atom is -0.396 e. The molecule has 1 saturated heterocycles. The van der Waals surface area contributed by atoms with Crippen molar-refractivity contribution in [2.45, 2.75) is 25.8 Å². The number of nitrogens with one attached hydrogen (secondary N) is 2. The Morgan fingerprint density at radius 2 is 2.17 bits per heavy atom. The maximum absolute atomic E-state index is 12.4. The first kappa shape index (κ1) is 16.4. The number of hydrogen-bond acceptors (Lipinski definition) is 4. The Bertz CT molecular complexity index is 709. The fraction of sp³-hybridized carbons (Fsp3) is 0.471. The second-order valence-electron chi connectivity index (χ2n) is 6.25. The number of rotatable bonds is 5. The number of likely N-dealkylation sites (tertiary alicyclic amines) is 1. The molecule has 24 heavy (non-hydrogen) atoms. The number of carbonyl (C=O) groups is 2. The van der Waals surface area contributed by atoms with Crippen molar-refractivity contribution < 1.29 is 14.7 Å². The predicted molar refractivity (Wildman–Crippen MR) is 89.2 cm³/mol. The third kappa shape index (κ3) is 3.56. The molecule has 2 amide bonds. The summed E-state index contributed by atoms with van der Waals surface area (Å²) in [6.07, 6.45) is 0.892. The molecule has 7 nitrogen and oxygen atoms in total. The molecule has 3 N–H and O–H groups in total. The first-order valence-electron chi connectivity index (χ1n) is 8.16. The summed E-state index contributed by atoms with van der Waals surface area (Å²) < 4.78 is 0. The van der Waals surface area contributed by atoms with Gasteiger partial charge in [0.2, 0.25) is 11.8 Å². The SMILES string of the molecule is CC(=O)N[C@@H]1CN(C(=O)CCc2nc3ccccc3[nH]2)C[C@H]1CO. The van der Waals surface area contributed by atoms with Gasteiger partial charge in [0.05, 0.1) is 17.1 Å². The number of carbonyl (C=O) groups excluding carboxylic acids is 2. The molecule has 0 bridgehead atoms. The molecule has 1 aromatic carbocycles. The lowest BCUT2D eigenvalue weighted by atomic mass is 10.1. The molecule has 0 saturated carbocycles. The van der Waals surface area contributed by atoms with Crippen LogP contribution < -0.4 is 5.32 Å². The monoisotopic (exact) mass is 330 g/mol. The summed E-state index contributed by atoms with van der Waals surface area (Å²) in [5, 5.41) is 12.2. The topological polar surface area (TPSA) is 98.3 Å². The van der Waals surface area contributed by atoms with Gasteiger partial charge in [-0.2, -0.15) is 0 Å². The van der Waals surface area contributed by atoms with E-state index in [1.54, 1.807) is 4.90 Å². The maximum Gasteiger partial charge on any atom is 0.223 e. The summed E-state index contributed by atoms with van der Waals surface area (Å²) in [6.45, 7) is 2.32. The van der Waals surface area contributed by atoms with Gasteiger partial charge in [-0.25, -0.2) is 4.98 Å². The maximum atomic E-state index is 12.4. The number of para-hydroxylation sites is 2. The van der Waals surface area contributed by atoms with E-state index in [2.05, 4.69) is 15.3 Å². The minimum absolute atomic E-state index is 0.0155. The Morgan fingerprint density at radius 3 is 2.88 bits per heavy atom. The smallest absolute Gasteiger partial charge is 0.223 e. The van der Waals surface area contributed by atoms with Crippen LogP contribution in [0.1, 0.15) is 19.2 Å². The second-order valence-corrected chi connectivity index (χ2v) is 6.25. The molecule has 1 aromatic heterocycles. The van der Waals surface area contributed by atoms with E-state index in [0.717, 1.165) is 16.9 Å². The molecule has 0 aliphatic carbocycles. The van der Waals surface area contributed by atoms with Gasteiger partial charge in [0.25, 0.3) is 0 Å². The lowest BCUT2D eigenvalue weighted by molar-refractivity contribution is -0.130. The average Bonchev–Trinajstić information content (AvgIpc) is 3.15. The quantitative estimate of drug-likeness (QED) is 0.741. The third-order valence-corrected chi connectivity index (χ3v) is 4.43. The van der Waals surface area contributed by atoms with Gasteiger partial charge >= 0.3 is 0 Å². The number of imidazole rings is 1. The van der Waals surface area contributed by atoms with Crippen molar-refractivity contribution in [1.82, 2.24) is 20.2 Å². The van der Waals surface area contributed by atoms with Crippen LogP contribution >= 0.6 is 0 Å². The van der Waals surface area contributed by atoms with E-state index in [0.29, 0.717) is 25.9 Å². The fourth-order valence-electron chi connectivity index (χ4n) is 3.19. The number of aryl methyl sites for hydroxylation is 1. The summed E-state index contributed by atoms with van der Waals surface area (Å²) in [7, 11) is 0. The first-order chi connectivity index (χ1) is 11.6. The van der Waals surface area contributed by atoms with Crippen LogP contribution in [0.3, 0.4) is 0 Å². The van der Waals surface area contributed by atoms with Crippen molar-refractivity contribution in [1.29, 1.82) is 0 Å². The number of H-pyrrole nitrogens is 1. The molecule has 0 radical (unpaired) electrons. The van der Waals surface area contributed by atoms with Crippen LogP contribution in [0, 0.1) is 5.92 Å². The number of benzene rings is 1. The summed E-state index contributed by atoms with van der Waals surface area (Å²) in [5.41, 5.74) is 1.86. The second kappa shape index (κ2) is 7.00. The fourth-order valence-corrected chi connectivity index (χ4v) is 3.19. The molecule has 1 aliphatic rings. The van der Waals surface area contributed by atoms with E-state index >= 15 is 0 Å². The van der Waals surface area contributed by atoms with E-state index in [1.165, 1.54) is 6.92 Å². The van der Waals surface area contributed by atoms with Crippen molar-refractivity contribution in [3.8, 4) is 0 Å². The summed E-state index contributed by atoms with van der Waals surface area (Å²) >= 11 is 0. The summed E-state index contributed by atoms with van der Waals surface area (Å²) in [5.74, 6) is 0.557. The lowest BCUT2D eigenvalue weighted by Gasteiger charge is -2.16. The summed E-state index contributed by atoms with van der Waals surface area (Å²) in [6, 6.07) is 7.58. The molecule has 128 valence electrons. The van der Waals surface area contributed by atoms with Gasteiger partial charge in [-0.05, 0) is 12.1 Å². The van der Waals surface area contributed by atoms with Gasteiger partial charge in [0.1, 0.15) is 5.82 Å². The van der Waals surface area contributed by atoms with Gasteiger partial charge in [0, 0.05) is 45.4 Å². The number of aromatic nitrogens is 2. The molecule has 1 aliphatic heterocycles. The lowest BCUT2D eigenvalue weighted by Crippen LogP contribution is -2.40. The molecular weight excluding hydrogens is 308 g/mol. The molecule has 2 aromatic rings. The zero-order valence-electron chi connectivity index (χ0n) is 13.7. The zero-order chi connectivity index (χ0) is 17.1. The third-order valence-electron chi connectivity index (χ3n) is 4.43. The van der Waals surface area contributed by atoms with E-state index in [1.807, 2.05) is 24.3 Å². The Hall–Kier alpha value is -2.41. The molecule has 0 spiro atoms. The Morgan fingerprint density at radius 1 is 1.38 bits per heavy atom. The normalized spacial score (nSPS) is 20.5. The van der Waals surface area contributed by atoms with Gasteiger partial charge in [0.15, 0.2) is 0 Å². The van der Waals surface area contributed by atoms with E-state index in [9.17, 15) is 14.7 Å². The number of hydrogen-bond donors (Lipinski definition) is 3. The van der Waals surface area contributed by atoms with Crippen LogP contribution in [0.4, 0.5) is 0 Å². The largest absolute Gasteiger partial charge is 0.396 e. The molecule has 7 heteroatoms. The van der Waals surface area contributed by atoms with Crippen molar-refractivity contribution >= 4 is 22.8 Å². The van der Waals surface area contributed by atoms with Crippen molar-refractivity contribution in [2.75, 3.05) is 19.7 Å². The van der Waals surface area contributed by atoms with Gasteiger partial charge in [-0.1, -0.05) is 12.1 Å². The van der Waals surface area contributed by atoms with Gasteiger partial charge in [-0.15, -0.1) is 0 Å². The molecule has 2 heterocycles. The summed E-state index contributed by atoms with van der Waals surface area (Å²) in [4.78, 5) is 33.0.